The molecule has 1 heterocycles. The molecule has 0 aliphatic carbocycles. The van der Waals surface area contributed by atoms with Crippen molar-refractivity contribution >= 4 is 29.1 Å². The molecule has 88 valence electrons. The van der Waals surface area contributed by atoms with Crippen LogP contribution in [-0.4, -0.2) is 27.4 Å². The average molecular weight is 263 g/mol. The fourth-order valence-electron chi connectivity index (χ4n) is 0.932. The van der Waals surface area contributed by atoms with E-state index < -0.39 is 4.92 Å². The van der Waals surface area contributed by atoms with Gasteiger partial charge in [0.1, 0.15) is 0 Å². The number of halogens is 1. The third-order valence-electron chi connectivity index (χ3n) is 1.81. The van der Waals surface area contributed by atoms with Crippen LogP contribution in [0.3, 0.4) is 0 Å². The van der Waals surface area contributed by atoms with Gasteiger partial charge < -0.3 is 5.11 Å². The third-order valence-corrected chi connectivity index (χ3v) is 3.34. The van der Waals surface area contributed by atoms with Gasteiger partial charge in [-0.25, -0.2) is 4.98 Å². The summed E-state index contributed by atoms with van der Waals surface area (Å²) in [5, 5.41) is 20.1. The van der Waals surface area contributed by atoms with Gasteiger partial charge in [-0.15, -0.1) is 0 Å². The van der Waals surface area contributed by atoms with Crippen LogP contribution in [0.25, 0.3) is 0 Å². The summed E-state index contributed by atoms with van der Waals surface area (Å²) in [6.45, 7) is 1.91. The summed E-state index contributed by atoms with van der Waals surface area (Å²) < 4.78 is 0. The average Bonchev–Trinajstić information content (AvgIpc) is 2.26. The Balaban J connectivity index is 2.82. The maximum atomic E-state index is 10.7. The molecule has 0 spiro atoms. The minimum absolute atomic E-state index is 0.0500. The van der Waals surface area contributed by atoms with E-state index in [1.165, 1.54) is 24.0 Å². The van der Waals surface area contributed by atoms with Gasteiger partial charge in [0.25, 0.3) is 0 Å². The van der Waals surface area contributed by atoms with E-state index in [1.54, 1.807) is 0 Å². The predicted molar refractivity (Wildman–Crippen MR) is 62.9 cm³/mol. The molecule has 0 bridgehead atoms. The summed E-state index contributed by atoms with van der Waals surface area (Å²) in [5.74, 6) is 0.647. The molecule has 0 fully saturated rings. The maximum Gasteiger partial charge on any atom is 0.302 e. The fourth-order valence-corrected chi connectivity index (χ4v) is 2.04. The second-order valence-electron chi connectivity index (χ2n) is 3.33. The molecule has 0 amide bonds. The first-order valence-electron chi connectivity index (χ1n) is 4.58. The predicted octanol–water partition coefficient (Wildman–Crippen LogP) is 2.36. The van der Waals surface area contributed by atoms with Gasteiger partial charge in [0.2, 0.25) is 0 Å². The van der Waals surface area contributed by atoms with Crippen molar-refractivity contribution in [2.45, 2.75) is 11.9 Å². The van der Waals surface area contributed by atoms with Gasteiger partial charge in [0.15, 0.2) is 5.03 Å². The summed E-state index contributed by atoms with van der Waals surface area (Å²) in [6.07, 6.45) is 1.38. The van der Waals surface area contributed by atoms with Crippen molar-refractivity contribution in [2.24, 2.45) is 5.92 Å². The molecule has 0 saturated heterocycles. The van der Waals surface area contributed by atoms with Gasteiger partial charge in [-0.3, -0.25) is 10.1 Å². The summed E-state index contributed by atoms with van der Waals surface area (Å²) >= 11 is 6.88. The zero-order chi connectivity index (χ0) is 12.1. The molecule has 0 aliphatic rings. The van der Waals surface area contributed by atoms with Gasteiger partial charge in [-0.05, 0) is 5.92 Å². The van der Waals surface area contributed by atoms with Crippen LogP contribution in [0.1, 0.15) is 6.92 Å². The van der Waals surface area contributed by atoms with Gasteiger partial charge in [-0.2, -0.15) is 0 Å². The van der Waals surface area contributed by atoms with Crippen molar-refractivity contribution in [2.75, 3.05) is 12.4 Å². The quantitative estimate of drug-likeness (QED) is 0.501. The highest BCUT2D eigenvalue weighted by Gasteiger charge is 2.17. The summed E-state index contributed by atoms with van der Waals surface area (Å²) in [4.78, 5) is 14.1. The molecule has 0 saturated carbocycles. The molecule has 5 nitrogen and oxygen atoms in total. The Morgan fingerprint density at radius 3 is 3.00 bits per heavy atom. The van der Waals surface area contributed by atoms with Crippen LogP contribution in [0.2, 0.25) is 5.02 Å². The second-order valence-corrected chi connectivity index (χ2v) is 4.78. The Labute approximate surface area is 102 Å². The Bertz CT molecular complexity index is 389. The van der Waals surface area contributed by atoms with Crippen LogP contribution >= 0.6 is 23.4 Å². The van der Waals surface area contributed by atoms with Crippen molar-refractivity contribution in [3.63, 3.8) is 0 Å². The van der Waals surface area contributed by atoms with Gasteiger partial charge in [0, 0.05) is 24.6 Å². The van der Waals surface area contributed by atoms with Crippen LogP contribution in [0.5, 0.6) is 0 Å². The van der Waals surface area contributed by atoms with E-state index in [-0.39, 0.29) is 23.2 Å². The number of pyridine rings is 1. The van der Waals surface area contributed by atoms with E-state index in [9.17, 15) is 10.1 Å². The van der Waals surface area contributed by atoms with Gasteiger partial charge >= 0.3 is 5.69 Å². The monoisotopic (exact) mass is 262 g/mol. The zero-order valence-corrected chi connectivity index (χ0v) is 10.2. The molecule has 1 unspecified atom stereocenters. The largest absolute Gasteiger partial charge is 0.396 e. The normalized spacial score (nSPS) is 12.4. The van der Waals surface area contributed by atoms with Gasteiger partial charge in [-0.1, -0.05) is 30.3 Å². The molecule has 1 atom stereocenters. The molecule has 0 radical (unpaired) electrons. The summed E-state index contributed by atoms with van der Waals surface area (Å²) in [5.41, 5.74) is -0.0948. The summed E-state index contributed by atoms with van der Waals surface area (Å²) in [7, 11) is 0. The highest BCUT2D eigenvalue weighted by molar-refractivity contribution is 7.99. The van der Waals surface area contributed by atoms with Crippen LogP contribution in [-0.2, 0) is 0 Å². The molecule has 1 rings (SSSR count). The molecular weight excluding hydrogens is 252 g/mol. The smallest absolute Gasteiger partial charge is 0.302 e. The Morgan fingerprint density at radius 1 is 1.75 bits per heavy atom. The molecule has 1 aromatic rings. The number of nitro groups is 1. The number of rotatable bonds is 5. The van der Waals surface area contributed by atoms with Gasteiger partial charge in [0.05, 0.1) is 9.95 Å². The Hall–Kier alpha value is -0.850. The molecular formula is C9H11ClN2O3S. The number of hydrogen-bond donors (Lipinski definition) is 1. The first-order valence-corrected chi connectivity index (χ1v) is 5.94. The number of thioether (sulfide) groups is 1. The number of aromatic nitrogens is 1. The Kier molecular flexibility index (Phi) is 4.98. The highest BCUT2D eigenvalue weighted by atomic mass is 35.5. The zero-order valence-electron chi connectivity index (χ0n) is 8.59. The SMILES string of the molecule is CC(CO)CSc1ncc(Cl)cc1[N+](=O)[O-]. The number of nitrogens with zero attached hydrogens (tertiary/aromatic N) is 2. The van der Waals surface area contributed by atoms with Crippen LogP contribution < -0.4 is 0 Å². The number of aliphatic hydroxyl groups is 1. The van der Waals surface area contributed by atoms with E-state index in [2.05, 4.69) is 4.98 Å². The van der Waals surface area contributed by atoms with Crippen molar-refractivity contribution < 1.29 is 10.0 Å². The van der Waals surface area contributed by atoms with E-state index in [4.69, 9.17) is 16.7 Å². The van der Waals surface area contributed by atoms with E-state index in [0.29, 0.717) is 10.8 Å². The number of aliphatic hydroxyl groups excluding tert-OH is 1. The molecule has 16 heavy (non-hydrogen) atoms. The van der Waals surface area contributed by atoms with E-state index >= 15 is 0 Å². The summed E-state index contributed by atoms with van der Waals surface area (Å²) in [6, 6.07) is 1.28. The first kappa shape index (κ1) is 13.2. The maximum absolute atomic E-state index is 10.7. The molecule has 1 aromatic heterocycles. The lowest BCUT2D eigenvalue weighted by Crippen LogP contribution is -2.04. The first-order chi connectivity index (χ1) is 7.54. The van der Waals surface area contributed by atoms with Crippen LogP contribution in [0.15, 0.2) is 17.3 Å². The van der Waals surface area contributed by atoms with Crippen LogP contribution in [0.4, 0.5) is 5.69 Å². The standard InChI is InChI=1S/C9H11ClN2O3S/c1-6(4-13)5-16-9-8(12(14)15)2-7(10)3-11-9/h2-3,6,13H,4-5H2,1H3. The lowest BCUT2D eigenvalue weighted by atomic mass is 10.2. The lowest BCUT2D eigenvalue weighted by molar-refractivity contribution is -0.388. The Morgan fingerprint density at radius 2 is 2.44 bits per heavy atom. The minimum Gasteiger partial charge on any atom is -0.396 e. The lowest BCUT2D eigenvalue weighted by Gasteiger charge is -2.06. The van der Waals surface area contributed by atoms with E-state index in [0.717, 1.165) is 0 Å². The van der Waals surface area contributed by atoms with Crippen LogP contribution in [0, 0.1) is 16.0 Å². The molecule has 0 aliphatic heterocycles. The molecule has 7 heteroatoms. The molecule has 0 aromatic carbocycles. The van der Waals surface area contributed by atoms with E-state index in [1.807, 2.05) is 6.92 Å². The molecule has 1 N–H and O–H groups in total. The minimum atomic E-state index is -0.509. The second kappa shape index (κ2) is 6.03. The van der Waals surface area contributed by atoms with Crippen molar-refractivity contribution in [1.29, 1.82) is 0 Å². The van der Waals surface area contributed by atoms with Crippen molar-refractivity contribution in [3.05, 3.63) is 27.4 Å². The topological polar surface area (TPSA) is 76.3 Å². The van der Waals surface area contributed by atoms with Crippen molar-refractivity contribution in [1.82, 2.24) is 4.98 Å². The highest BCUT2D eigenvalue weighted by Crippen LogP contribution is 2.30. The third kappa shape index (κ3) is 3.62. The van der Waals surface area contributed by atoms with Crippen molar-refractivity contribution in [3.8, 4) is 0 Å². The number of hydrogen-bond acceptors (Lipinski definition) is 5. The fraction of sp³-hybridized carbons (Fsp3) is 0.444.